The maximum absolute atomic E-state index is 12.7. The van der Waals surface area contributed by atoms with Gasteiger partial charge in [0.1, 0.15) is 12.6 Å². The van der Waals surface area contributed by atoms with Crippen LogP contribution < -0.4 is 10.6 Å². The molecule has 4 rings (SSSR count). The molecule has 0 bridgehead atoms. The molecule has 0 aromatic heterocycles. The number of alkyl carbamates (subject to hydrolysis) is 1. The van der Waals surface area contributed by atoms with Gasteiger partial charge in [0.15, 0.2) is 0 Å². The molecule has 0 saturated heterocycles. The summed E-state index contributed by atoms with van der Waals surface area (Å²) in [5.41, 5.74) is 3.90. The van der Waals surface area contributed by atoms with Gasteiger partial charge in [-0.15, -0.1) is 0 Å². The fourth-order valence-electron chi connectivity index (χ4n) is 4.52. The predicted octanol–water partition coefficient (Wildman–Crippen LogP) is 2.79. The summed E-state index contributed by atoms with van der Waals surface area (Å²) in [5.74, 6) is -1.89. The average molecular weight is 453 g/mol. The minimum Gasteiger partial charge on any atom is -0.481 e. The largest absolute Gasteiger partial charge is 0.481 e. The number of carbonyl (C=O) groups excluding carboxylic acids is 2. The number of hydrogen-bond acceptors (Lipinski definition) is 5. The van der Waals surface area contributed by atoms with E-state index in [0.29, 0.717) is 12.8 Å². The highest BCUT2D eigenvalue weighted by atomic mass is 16.5. The minimum absolute atomic E-state index is 0.0220. The summed E-state index contributed by atoms with van der Waals surface area (Å²) in [6.45, 7) is 0.0931. The standard InChI is InChI=1S/C25H28N2O6/c28-13-5-10-25(11-12-25)27-23(31)21(14-22(29)30)26-24(32)33-15-20-18-8-3-1-6-16(18)17-7-2-4-9-19(17)20/h1-4,6-9,20-21,28H,5,10-15H2,(H,26,32)(H,27,31)(H,29,30). The second kappa shape index (κ2) is 9.62. The first-order valence-electron chi connectivity index (χ1n) is 11.2. The molecular weight excluding hydrogens is 424 g/mol. The molecule has 2 aromatic carbocycles. The van der Waals surface area contributed by atoms with Crippen LogP contribution in [0.4, 0.5) is 4.79 Å². The van der Waals surface area contributed by atoms with Crippen LogP contribution in [0, 0.1) is 0 Å². The van der Waals surface area contributed by atoms with Gasteiger partial charge in [-0.2, -0.15) is 0 Å². The number of benzene rings is 2. The third kappa shape index (κ3) is 5.17. The number of carboxylic acids is 1. The summed E-state index contributed by atoms with van der Waals surface area (Å²) in [6.07, 6.45) is 1.31. The summed E-state index contributed by atoms with van der Waals surface area (Å²) in [7, 11) is 0. The van der Waals surface area contributed by atoms with Crippen molar-refractivity contribution < 1.29 is 29.3 Å². The van der Waals surface area contributed by atoms with Crippen molar-refractivity contribution in [3.63, 3.8) is 0 Å². The fraction of sp³-hybridized carbons (Fsp3) is 0.400. The van der Waals surface area contributed by atoms with Crippen LogP contribution in [-0.2, 0) is 14.3 Å². The van der Waals surface area contributed by atoms with Crippen LogP contribution in [0.3, 0.4) is 0 Å². The van der Waals surface area contributed by atoms with Gasteiger partial charge in [0.2, 0.25) is 5.91 Å². The van der Waals surface area contributed by atoms with Gasteiger partial charge >= 0.3 is 12.1 Å². The molecule has 0 heterocycles. The Kier molecular flexibility index (Phi) is 6.65. The lowest BCUT2D eigenvalue weighted by Crippen LogP contribution is -2.51. The summed E-state index contributed by atoms with van der Waals surface area (Å²) < 4.78 is 5.46. The maximum atomic E-state index is 12.7. The molecule has 2 aromatic rings. The molecule has 33 heavy (non-hydrogen) atoms. The molecule has 0 radical (unpaired) electrons. The number of aliphatic hydroxyl groups is 1. The van der Waals surface area contributed by atoms with E-state index in [9.17, 15) is 19.5 Å². The Hall–Kier alpha value is -3.39. The molecule has 8 nitrogen and oxygen atoms in total. The van der Waals surface area contributed by atoms with Crippen molar-refractivity contribution in [1.29, 1.82) is 0 Å². The topological polar surface area (TPSA) is 125 Å². The lowest BCUT2D eigenvalue weighted by Gasteiger charge is -2.22. The van der Waals surface area contributed by atoms with Gasteiger partial charge in [-0.05, 0) is 47.9 Å². The number of nitrogens with one attached hydrogen (secondary N) is 2. The third-order valence-electron chi connectivity index (χ3n) is 6.39. The minimum atomic E-state index is -1.25. The number of aliphatic hydroxyl groups excluding tert-OH is 1. The zero-order valence-corrected chi connectivity index (χ0v) is 18.3. The van der Waals surface area contributed by atoms with Gasteiger partial charge in [-0.1, -0.05) is 48.5 Å². The number of carboxylic acid groups (broad SMARTS) is 1. The molecule has 2 aliphatic carbocycles. The SMILES string of the molecule is O=C(O)CC(NC(=O)OCC1c2ccccc2-c2ccccc21)C(=O)NC1(CCCO)CC1. The monoisotopic (exact) mass is 452 g/mol. The molecular formula is C25H28N2O6. The van der Waals surface area contributed by atoms with E-state index in [-0.39, 0.29) is 19.1 Å². The molecule has 1 atom stereocenters. The molecule has 2 aliphatic rings. The molecule has 0 aliphatic heterocycles. The number of fused-ring (bicyclic) bond motifs is 3. The zero-order valence-electron chi connectivity index (χ0n) is 18.3. The average Bonchev–Trinajstić information content (AvgIpc) is 3.49. The Morgan fingerprint density at radius 1 is 1.03 bits per heavy atom. The maximum Gasteiger partial charge on any atom is 0.407 e. The van der Waals surface area contributed by atoms with E-state index in [1.54, 1.807) is 0 Å². The van der Waals surface area contributed by atoms with Gasteiger partial charge in [0.05, 0.1) is 6.42 Å². The number of aliphatic carboxylic acids is 1. The van der Waals surface area contributed by atoms with Gasteiger partial charge in [-0.25, -0.2) is 4.79 Å². The highest BCUT2D eigenvalue weighted by Gasteiger charge is 2.44. The van der Waals surface area contributed by atoms with Crippen LogP contribution in [0.5, 0.6) is 0 Å². The van der Waals surface area contributed by atoms with Crippen LogP contribution in [0.1, 0.15) is 49.1 Å². The van der Waals surface area contributed by atoms with Crippen molar-refractivity contribution in [2.24, 2.45) is 0 Å². The van der Waals surface area contributed by atoms with Gasteiger partial charge < -0.3 is 25.6 Å². The van der Waals surface area contributed by atoms with E-state index in [0.717, 1.165) is 35.1 Å². The molecule has 4 N–H and O–H groups in total. The van der Waals surface area contributed by atoms with Gasteiger partial charge in [-0.3, -0.25) is 9.59 Å². The molecule has 1 saturated carbocycles. The van der Waals surface area contributed by atoms with Crippen molar-refractivity contribution in [2.45, 2.75) is 49.6 Å². The van der Waals surface area contributed by atoms with Crippen LogP contribution >= 0.6 is 0 Å². The second-order valence-corrected chi connectivity index (χ2v) is 8.72. The first kappa shape index (κ1) is 22.8. The Bertz CT molecular complexity index is 1000. The molecule has 0 spiro atoms. The molecule has 1 unspecified atom stereocenters. The van der Waals surface area contributed by atoms with Crippen molar-refractivity contribution >= 4 is 18.0 Å². The highest BCUT2D eigenvalue weighted by molar-refractivity contribution is 5.90. The summed E-state index contributed by atoms with van der Waals surface area (Å²) in [5, 5.41) is 23.5. The number of hydrogen-bond donors (Lipinski definition) is 4. The summed E-state index contributed by atoms with van der Waals surface area (Å²) >= 11 is 0. The second-order valence-electron chi connectivity index (χ2n) is 8.72. The third-order valence-corrected chi connectivity index (χ3v) is 6.39. The lowest BCUT2D eigenvalue weighted by atomic mass is 9.98. The zero-order chi connectivity index (χ0) is 23.4. The van der Waals surface area contributed by atoms with Gasteiger partial charge in [0.25, 0.3) is 0 Å². The van der Waals surface area contributed by atoms with Gasteiger partial charge in [0, 0.05) is 18.1 Å². The van der Waals surface area contributed by atoms with Crippen LogP contribution in [0.15, 0.2) is 48.5 Å². The quantitative estimate of drug-likeness (QED) is 0.439. The van der Waals surface area contributed by atoms with E-state index in [2.05, 4.69) is 10.6 Å². The molecule has 1 fully saturated rings. The molecule has 174 valence electrons. The van der Waals surface area contributed by atoms with E-state index < -0.39 is 36.0 Å². The van der Waals surface area contributed by atoms with Crippen molar-refractivity contribution in [3.05, 3.63) is 59.7 Å². The summed E-state index contributed by atoms with van der Waals surface area (Å²) in [6, 6.07) is 14.6. The number of amides is 2. The van der Waals surface area contributed by atoms with Crippen molar-refractivity contribution in [3.8, 4) is 11.1 Å². The first-order chi connectivity index (χ1) is 15.9. The Morgan fingerprint density at radius 3 is 2.18 bits per heavy atom. The Morgan fingerprint density at radius 2 is 1.64 bits per heavy atom. The number of ether oxygens (including phenoxy) is 1. The summed E-state index contributed by atoms with van der Waals surface area (Å²) in [4.78, 5) is 36.5. The fourth-order valence-corrected chi connectivity index (χ4v) is 4.52. The molecule has 8 heteroatoms. The number of rotatable bonds is 10. The van der Waals surface area contributed by atoms with Crippen LogP contribution in [0.25, 0.3) is 11.1 Å². The lowest BCUT2D eigenvalue weighted by molar-refractivity contribution is -0.140. The smallest absolute Gasteiger partial charge is 0.407 e. The molecule has 2 amide bonds. The Balaban J connectivity index is 1.39. The van der Waals surface area contributed by atoms with Crippen LogP contribution in [-0.4, -0.2) is 53.0 Å². The van der Waals surface area contributed by atoms with E-state index in [4.69, 9.17) is 9.84 Å². The van der Waals surface area contributed by atoms with Crippen molar-refractivity contribution in [1.82, 2.24) is 10.6 Å². The van der Waals surface area contributed by atoms with Crippen molar-refractivity contribution in [2.75, 3.05) is 13.2 Å². The number of carbonyl (C=O) groups is 3. The first-order valence-corrected chi connectivity index (χ1v) is 11.2. The van der Waals surface area contributed by atoms with E-state index >= 15 is 0 Å². The Labute approximate surface area is 192 Å². The normalized spacial score (nSPS) is 16.3. The highest BCUT2D eigenvalue weighted by Crippen LogP contribution is 2.44. The predicted molar refractivity (Wildman–Crippen MR) is 121 cm³/mol. The van der Waals surface area contributed by atoms with E-state index in [1.807, 2.05) is 48.5 Å². The van der Waals surface area contributed by atoms with Crippen LogP contribution in [0.2, 0.25) is 0 Å². The van der Waals surface area contributed by atoms with E-state index in [1.165, 1.54) is 0 Å².